The van der Waals surface area contributed by atoms with Gasteiger partial charge in [-0.1, -0.05) is 24.3 Å². The number of hydrogen-bond donors (Lipinski definition) is 1. The molecule has 0 unspecified atom stereocenters. The standard InChI is InChI=1S/C24H16F3NO3/c25-24(26,27)31-16-11-9-15(10-12-16)30-20-7-3-4-14-8-13-18-22(21(14)20)28-19-6-2-1-5-17(19)23(18)29/h1-7,9-12H,8,13H2,(H,28,29). The Morgan fingerprint density at radius 3 is 2.35 bits per heavy atom. The Morgan fingerprint density at radius 1 is 0.839 bits per heavy atom. The normalized spacial score (nSPS) is 12.9. The fraction of sp³-hybridized carbons (Fsp3) is 0.125. The van der Waals surface area contributed by atoms with Crippen LogP contribution in [0.1, 0.15) is 11.1 Å². The van der Waals surface area contributed by atoms with Crippen LogP contribution in [0.2, 0.25) is 0 Å². The molecular formula is C24H16F3NO3. The zero-order valence-electron chi connectivity index (χ0n) is 16.1. The second-order valence-corrected chi connectivity index (χ2v) is 7.26. The van der Waals surface area contributed by atoms with Crippen LogP contribution in [-0.2, 0) is 12.8 Å². The van der Waals surface area contributed by atoms with Crippen LogP contribution in [0.4, 0.5) is 13.2 Å². The van der Waals surface area contributed by atoms with E-state index >= 15 is 0 Å². The Morgan fingerprint density at radius 2 is 1.58 bits per heavy atom. The lowest BCUT2D eigenvalue weighted by atomic mass is 9.87. The van der Waals surface area contributed by atoms with E-state index in [2.05, 4.69) is 9.72 Å². The van der Waals surface area contributed by atoms with Crippen LogP contribution >= 0.6 is 0 Å². The third-order valence-corrected chi connectivity index (χ3v) is 5.30. The highest BCUT2D eigenvalue weighted by atomic mass is 19.4. The summed E-state index contributed by atoms with van der Waals surface area (Å²) in [6.45, 7) is 0. The number of aromatic amines is 1. The summed E-state index contributed by atoms with van der Waals surface area (Å²) in [6, 6.07) is 18.2. The molecule has 1 heterocycles. The van der Waals surface area contributed by atoms with E-state index in [1.54, 1.807) is 12.1 Å². The summed E-state index contributed by atoms with van der Waals surface area (Å²) >= 11 is 0. The monoisotopic (exact) mass is 423 g/mol. The molecule has 0 atom stereocenters. The van der Waals surface area contributed by atoms with Gasteiger partial charge in [0.15, 0.2) is 5.43 Å². The summed E-state index contributed by atoms with van der Waals surface area (Å²) in [7, 11) is 0. The van der Waals surface area contributed by atoms with Gasteiger partial charge in [-0.25, -0.2) is 0 Å². The molecule has 7 heteroatoms. The van der Waals surface area contributed by atoms with Crippen molar-refractivity contribution in [2.24, 2.45) is 0 Å². The van der Waals surface area contributed by atoms with Gasteiger partial charge >= 0.3 is 6.36 Å². The topological polar surface area (TPSA) is 51.3 Å². The largest absolute Gasteiger partial charge is 0.573 e. The van der Waals surface area contributed by atoms with Gasteiger partial charge in [0.05, 0.1) is 5.69 Å². The number of para-hydroxylation sites is 1. The first-order valence-electron chi connectivity index (χ1n) is 9.69. The molecular weight excluding hydrogens is 407 g/mol. The first-order chi connectivity index (χ1) is 14.9. The van der Waals surface area contributed by atoms with Gasteiger partial charge in [0.25, 0.3) is 0 Å². The molecule has 0 bridgehead atoms. The summed E-state index contributed by atoms with van der Waals surface area (Å²) in [5.41, 5.74) is 3.99. The number of nitrogens with one attached hydrogen (secondary N) is 1. The van der Waals surface area contributed by atoms with Gasteiger partial charge in [0.2, 0.25) is 0 Å². The van der Waals surface area contributed by atoms with Crippen molar-refractivity contribution in [3.05, 3.63) is 88.1 Å². The number of pyridine rings is 1. The first kappa shape index (κ1) is 19.2. The van der Waals surface area contributed by atoms with Crippen molar-refractivity contribution in [3.8, 4) is 28.5 Å². The molecule has 0 spiro atoms. The number of hydrogen-bond acceptors (Lipinski definition) is 3. The van der Waals surface area contributed by atoms with Crippen LogP contribution in [0.3, 0.4) is 0 Å². The number of halogens is 3. The van der Waals surface area contributed by atoms with Crippen molar-refractivity contribution in [3.63, 3.8) is 0 Å². The molecule has 0 saturated heterocycles. The van der Waals surface area contributed by atoms with Crippen LogP contribution in [-0.4, -0.2) is 11.3 Å². The number of ether oxygens (including phenoxy) is 2. The Hall–Kier alpha value is -3.74. The van der Waals surface area contributed by atoms with Gasteiger partial charge in [-0.05, 0) is 60.9 Å². The summed E-state index contributed by atoms with van der Waals surface area (Å²) in [5, 5.41) is 0.642. The fourth-order valence-electron chi connectivity index (χ4n) is 3.98. The SMILES string of the molecule is O=c1c2c([nH]c3ccccc13)-c1c(cccc1Oc1ccc(OC(F)(F)F)cc1)CC2. The van der Waals surface area contributed by atoms with Crippen LogP contribution < -0.4 is 14.9 Å². The molecule has 31 heavy (non-hydrogen) atoms. The number of aromatic nitrogens is 1. The van der Waals surface area contributed by atoms with Gasteiger partial charge in [0, 0.05) is 22.0 Å². The highest BCUT2D eigenvalue weighted by molar-refractivity contribution is 5.86. The molecule has 0 fully saturated rings. The number of alkyl halides is 3. The number of rotatable bonds is 3. The lowest BCUT2D eigenvalue weighted by molar-refractivity contribution is -0.274. The minimum Gasteiger partial charge on any atom is -0.457 e. The molecule has 0 radical (unpaired) electrons. The van der Waals surface area contributed by atoms with Crippen LogP contribution in [0.5, 0.6) is 17.2 Å². The quantitative estimate of drug-likeness (QED) is 0.441. The molecule has 1 N–H and O–H groups in total. The number of fused-ring (bicyclic) bond motifs is 4. The smallest absolute Gasteiger partial charge is 0.457 e. The van der Waals surface area contributed by atoms with E-state index in [9.17, 15) is 18.0 Å². The Labute approximate surface area is 174 Å². The van der Waals surface area contributed by atoms with Crippen LogP contribution in [0.25, 0.3) is 22.2 Å². The van der Waals surface area contributed by atoms with E-state index < -0.39 is 6.36 Å². The number of benzene rings is 3. The molecule has 4 aromatic rings. The van der Waals surface area contributed by atoms with Crippen LogP contribution in [0.15, 0.2) is 71.5 Å². The molecule has 0 amide bonds. The Balaban J connectivity index is 1.56. The van der Waals surface area contributed by atoms with Gasteiger partial charge < -0.3 is 14.5 Å². The van der Waals surface area contributed by atoms with Crippen molar-refractivity contribution in [1.29, 1.82) is 0 Å². The van der Waals surface area contributed by atoms with Crippen LogP contribution in [0, 0.1) is 0 Å². The van der Waals surface area contributed by atoms with Crippen molar-refractivity contribution in [1.82, 2.24) is 4.98 Å². The van der Waals surface area contributed by atoms with Gasteiger partial charge in [-0.3, -0.25) is 4.79 Å². The lowest BCUT2D eigenvalue weighted by Crippen LogP contribution is -2.18. The van der Waals surface area contributed by atoms with E-state index in [4.69, 9.17) is 4.74 Å². The number of aryl methyl sites for hydroxylation is 1. The second kappa shape index (κ2) is 7.19. The molecule has 156 valence electrons. The first-order valence-corrected chi connectivity index (χ1v) is 9.69. The van der Waals surface area contributed by atoms with E-state index in [0.29, 0.717) is 35.3 Å². The Kier molecular flexibility index (Phi) is 4.46. The van der Waals surface area contributed by atoms with Gasteiger partial charge in [-0.2, -0.15) is 0 Å². The zero-order chi connectivity index (χ0) is 21.6. The maximum absolute atomic E-state index is 13.0. The molecule has 1 aliphatic carbocycles. The van der Waals surface area contributed by atoms with Gasteiger partial charge in [0.1, 0.15) is 17.2 Å². The average molecular weight is 423 g/mol. The summed E-state index contributed by atoms with van der Waals surface area (Å²) in [4.78, 5) is 16.4. The van der Waals surface area contributed by atoms with E-state index in [0.717, 1.165) is 22.3 Å². The van der Waals surface area contributed by atoms with Crippen molar-refractivity contribution in [2.75, 3.05) is 0 Å². The Bertz CT molecular complexity index is 1340. The van der Waals surface area contributed by atoms with E-state index in [-0.39, 0.29) is 11.2 Å². The highest BCUT2D eigenvalue weighted by Crippen LogP contribution is 2.40. The molecule has 4 nitrogen and oxygen atoms in total. The van der Waals surface area contributed by atoms with Crippen molar-refractivity contribution in [2.45, 2.75) is 19.2 Å². The zero-order valence-corrected chi connectivity index (χ0v) is 16.1. The predicted octanol–water partition coefficient (Wildman–Crippen LogP) is 5.98. The van der Waals surface area contributed by atoms with E-state index in [1.807, 2.05) is 30.3 Å². The second-order valence-electron chi connectivity index (χ2n) is 7.26. The minimum absolute atomic E-state index is 0.00143. The maximum Gasteiger partial charge on any atom is 0.573 e. The predicted molar refractivity (Wildman–Crippen MR) is 111 cm³/mol. The average Bonchev–Trinajstić information content (AvgIpc) is 2.74. The number of H-pyrrole nitrogens is 1. The molecule has 1 aliphatic rings. The maximum atomic E-state index is 13.0. The third-order valence-electron chi connectivity index (χ3n) is 5.30. The molecule has 3 aromatic carbocycles. The summed E-state index contributed by atoms with van der Waals surface area (Å²) in [6.07, 6.45) is -3.44. The summed E-state index contributed by atoms with van der Waals surface area (Å²) < 4.78 is 47.1. The molecule has 0 saturated carbocycles. The molecule has 1 aromatic heterocycles. The highest BCUT2D eigenvalue weighted by Gasteiger charge is 2.31. The molecule has 0 aliphatic heterocycles. The van der Waals surface area contributed by atoms with Gasteiger partial charge in [-0.15, -0.1) is 13.2 Å². The fourth-order valence-corrected chi connectivity index (χ4v) is 3.98. The van der Waals surface area contributed by atoms with E-state index in [1.165, 1.54) is 24.3 Å². The molecule has 5 rings (SSSR count). The van der Waals surface area contributed by atoms with Crippen molar-refractivity contribution >= 4 is 10.9 Å². The minimum atomic E-state index is -4.75. The summed E-state index contributed by atoms with van der Waals surface area (Å²) in [5.74, 6) is 0.558. The van der Waals surface area contributed by atoms with Crippen molar-refractivity contribution < 1.29 is 22.6 Å². The third kappa shape index (κ3) is 3.63. The lowest BCUT2D eigenvalue weighted by Gasteiger charge is -2.22.